The first-order valence-corrected chi connectivity index (χ1v) is 9.90. The topological polar surface area (TPSA) is 86.7 Å². The summed E-state index contributed by atoms with van der Waals surface area (Å²) in [5.74, 6) is -0.343. The van der Waals surface area contributed by atoms with Gasteiger partial charge in [-0.25, -0.2) is 0 Å². The van der Waals surface area contributed by atoms with Crippen LogP contribution in [0.3, 0.4) is 0 Å². The Morgan fingerprint density at radius 2 is 1.69 bits per heavy atom. The van der Waals surface area contributed by atoms with Gasteiger partial charge in [0.15, 0.2) is 0 Å². The first kappa shape index (κ1) is 23.6. The minimum absolute atomic E-state index is 0. The van der Waals surface area contributed by atoms with Gasteiger partial charge in [-0.05, 0) is 36.6 Å². The molecule has 0 aliphatic carbocycles. The van der Waals surface area contributed by atoms with E-state index in [2.05, 4.69) is 6.92 Å². The fraction of sp³-hybridized carbons (Fsp3) is 0.368. The minimum atomic E-state index is -4.43. The van der Waals surface area contributed by atoms with Gasteiger partial charge in [-0.15, -0.1) is 0 Å². The fourth-order valence-electron chi connectivity index (χ4n) is 2.59. The van der Waals surface area contributed by atoms with Crippen molar-refractivity contribution in [3.63, 3.8) is 0 Å². The van der Waals surface area contributed by atoms with Crippen molar-refractivity contribution in [2.45, 2.75) is 50.3 Å². The summed E-state index contributed by atoms with van der Waals surface area (Å²) in [6.45, 7) is 2.17. The predicted molar refractivity (Wildman–Crippen MR) is 94.7 cm³/mol. The smallest absolute Gasteiger partial charge is 0.870 e. The summed E-state index contributed by atoms with van der Waals surface area (Å²) < 4.78 is 37.6. The van der Waals surface area contributed by atoms with Crippen LogP contribution in [0.25, 0.3) is 0 Å². The molecule has 7 heteroatoms. The van der Waals surface area contributed by atoms with Crippen LogP contribution in [-0.4, -0.2) is 13.0 Å². The van der Waals surface area contributed by atoms with E-state index in [0.29, 0.717) is 0 Å². The van der Waals surface area contributed by atoms with Crippen molar-refractivity contribution in [3.8, 4) is 17.2 Å². The summed E-state index contributed by atoms with van der Waals surface area (Å²) in [5, 5.41) is 12.0. The van der Waals surface area contributed by atoms with Crippen LogP contribution in [0.2, 0.25) is 0 Å². The molecule has 0 amide bonds. The van der Waals surface area contributed by atoms with Gasteiger partial charge in [0.05, 0.1) is 0 Å². The molecule has 0 saturated heterocycles. The molecule has 0 aromatic heterocycles. The third-order valence-corrected chi connectivity index (χ3v) is 4.82. The Bertz CT molecular complexity index is 805. The molecule has 0 bridgehead atoms. The minimum Gasteiger partial charge on any atom is -0.870 e. The molecule has 2 aromatic carbocycles. The van der Waals surface area contributed by atoms with E-state index in [0.717, 1.165) is 24.8 Å². The molecule has 0 aliphatic heterocycles. The molecule has 0 spiro atoms. The SMILES string of the molecule is CCCCCCCc1ccc([O-])c(Oc2ccccc2S(=O)(=O)O)c1.[K+]. The van der Waals surface area contributed by atoms with Crippen LogP contribution in [0.5, 0.6) is 17.2 Å². The zero-order valence-corrected chi connectivity index (χ0v) is 19.2. The molecule has 26 heavy (non-hydrogen) atoms. The van der Waals surface area contributed by atoms with Gasteiger partial charge in [-0.3, -0.25) is 4.55 Å². The van der Waals surface area contributed by atoms with Gasteiger partial charge < -0.3 is 9.84 Å². The number of unbranched alkanes of at least 4 members (excludes halogenated alkanes) is 4. The van der Waals surface area contributed by atoms with Crippen LogP contribution in [0, 0.1) is 0 Å². The summed E-state index contributed by atoms with van der Waals surface area (Å²) in [5.41, 5.74) is 0.968. The third-order valence-electron chi connectivity index (χ3n) is 3.92. The standard InChI is InChI=1S/C19H24O5S.K/c1-2-3-4-5-6-9-15-12-13-16(20)18(14-15)24-17-10-7-8-11-19(17)25(21,22)23;/h7-8,10-14,20H,2-6,9H2,1H3,(H,21,22,23);/q;+1/p-1. The van der Waals surface area contributed by atoms with Crippen LogP contribution in [-0.2, 0) is 16.5 Å². The van der Waals surface area contributed by atoms with Crippen LogP contribution < -0.4 is 61.2 Å². The second kappa shape index (κ2) is 11.4. The zero-order chi connectivity index (χ0) is 18.3. The van der Waals surface area contributed by atoms with Gasteiger partial charge in [-0.1, -0.05) is 62.6 Å². The molecule has 136 valence electrons. The Labute approximate surface area is 198 Å². The van der Waals surface area contributed by atoms with E-state index in [9.17, 15) is 18.1 Å². The van der Waals surface area contributed by atoms with Gasteiger partial charge in [-0.2, -0.15) is 8.42 Å². The number of rotatable bonds is 9. The Balaban J connectivity index is 0.00000338. The monoisotopic (exact) mass is 402 g/mol. The van der Waals surface area contributed by atoms with E-state index >= 15 is 0 Å². The molecule has 0 atom stereocenters. The average Bonchev–Trinajstić information content (AvgIpc) is 2.57. The van der Waals surface area contributed by atoms with Crippen molar-refractivity contribution < 1.29 is 74.2 Å². The summed E-state index contributed by atoms with van der Waals surface area (Å²) in [6, 6.07) is 10.5. The zero-order valence-electron chi connectivity index (χ0n) is 15.3. The van der Waals surface area contributed by atoms with Crippen LogP contribution in [0.1, 0.15) is 44.6 Å². The van der Waals surface area contributed by atoms with Crippen molar-refractivity contribution in [3.05, 3.63) is 48.0 Å². The van der Waals surface area contributed by atoms with Gasteiger partial charge >= 0.3 is 51.4 Å². The molecule has 2 aromatic rings. The van der Waals surface area contributed by atoms with E-state index in [1.54, 1.807) is 18.2 Å². The second-order valence-corrected chi connectivity index (χ2v) is 7.36. The Kier molecular flexibility index (Phi) is 10.4. The number of hydrogen-bond donors (Lipinski definition) is 1. The molecule has 1 N–H and O–H groups in total. The third kappa shape index (κ3) is 7.30. The maximum absolute atomic E-state index is 12.0. The normalized spacial score (nSPS) is 11.0. The molecule has 0 heterocycles. The fourth-order valence-corrected chi connectivity index (χ4v) is 3.20. The van der Waals surface area contributed by atoms with E-state index in [-0.39, 0.29) is 73.5 Å². The van der Waals surface area contributed by atoms with Crippen LogP contribution in [0.4, 0.5) is 0 Å². The summed E-state index contributed by atoms with van der Waals surface area (Å²) >= 11 is 0. The van der Waals surface area contributed by atoms with Crippen LogP contribution in [0.15, 0.2) is 47.4 Å². The molecule has 0 unspecified atom stereocenters. The maximum atomic E-state index is 12.0. The van der Waals surface area contributed by atoms with Gasteiger partial charge in [0.2, 0.25) is 0 Å². The predicted octanol–water partition coefficient (Wildman–Crippen LogP) is 1.32. The number of benzene rings is 2. The molecule has 0 fully saturated rings. The largest absolute Gasteiger partial charge is 1.00 e. The molecular weight excluding hydrogens is 379 g/mol. The first-order valence-electron chi connectivity index (χ1n) is 8.46. The summed E-state index contributed by atoms with van der Waals surface area (Å²) in [7, 11) is -4.43. The Morgan fingerprint density at radius 3 is 2.38 bits per heavy atom. The molecule has 0 saturated carbocycles. The van der Waals surface area contributed by atoms with Gasteiger partial charge in [0.1, 0.15) is 16.4 Å². The summed E-state index contributed by atoms with van der Waals surface area (Å²) in [6.07, 6.45) is 6.60. The van der Waals surface area contributed by atoms with Crippen molar-refractivity contribution in [1.29, 1.82) is 0 Å². The van der Waals surface area contributed by atoms with Crippen molar-refractivity contribution in [1.82, 2.24) is 0 Å². The molecule has 0 radical (unpaired) electrons. The number of para-hydroxylation sites is 1. The van der Waals surface area contributed by atoms with E-state index in [1.165, 1.54) is 43.5 Å². The van der Waals surface area contributed by atoms with Gasteiger partial charge in [0.25, 0.3) is 10.1 Å². The van der Waals surface area contributed by atoms with Crippen LogP contribution >= 0.6 is 0 Å². The summed E-state index contributed by atoms with van der Waals surface area (Å²) in [4.78, 5) is -0.362. The number of aryl methyl sites for hydroxylation is 1. The molecule has 5 nitrogen and oxygen atoms in total. The van der Waals surface area contributed by atoms with Gasteiger partial charge in [0, 0.05) is 0 Å². The maximum Gasteiger partial charge on any atom is 1.00 e. The average molecular weight is 403 g/mol. The molecular formula is C19H23KO5S. The van der Waals surface area contributed by atoms with E-state index in [4.69, 9.17) is 4.74 Å². The molecule has 2 rings (SSSR count). The van der Waals surface area contributed by atoms with Crippen molar-refractivity contribution >= 4 is 10.1 Å². The second-order valence-electron chi connectivity index (χ2n) is 5.97. The Hall–Kier alpha value is -0.414. The number of hydrogen-bond acceptors (Lipinski definition) is 4. The quantitative estimate of drug-likeness (QED) is 0.388. The van der Waals surface area contributed by atoms with Crippen molar-refractivity contribution in [2.75, 3.05) is 0 Å². The van der Waals surface area contributed by atoms with E-state index in [1.807, 2.05) is 0 Å². The Morgan fingerprint density at radius 1 is 1.00 bits per heavy atom. The number of ether oxygens (including phenoxy) is 1. The van der Waals surface area contributed by atoms with E-state index < -0.39 is 10.1 Å². The first-order chi connectivity index (χ1) is 11.9. The van der Waals surface area contributed by atoms with Crippen molar-refractivity contribution in [2.24, 2.45) is 0 Å². The molecule has 0 aliphatic rings.